The van der Waals surface area contributed by atoms with Gasteiger partial charge < -0.3 is 14.6 Å². The first-order valence-corrected chi connectivity index (χ1v) is 9.32. The Morgan fingerprint density at radius 1 is 1.22 bits per heavy atom. The molecule has 136 valence electrons. The molecule has 0 saturated carbocycles. The van der Waals surface area contributed by atoms with E-state index in [-0.39, 0.29) is 11.9 Å². The molecule has 1 aliphatic carbocycles. The van der Waals surface area contributed by atoms with Gasteiger partial charge in [0.05, 0.1) is 17.2 Å². The number of carbonyl (C=O) groups is 1. The van der Waals surface area contributed by atoms with E-state index in [2.05, 4.69) is 22.6 Å². The molecule has 2 aliphatic rings. The van der Waals surface area contributed by atoms with Gasteiger partial charge in [-0.25, -0.2) is 0 Å². The van der Waals surface area contributed by atoms with Gasteiger partial charge in [-0.05, 0) is 49.4 Å². The lowest BCUT2D eigenvalue weighted by Gasteiger charge is -2.26. The number of carbonyl (C=O) groups excluding carboxylic acids is 1. The fourth-order valence-corrected chi connectivity index (χ4v) is 4.06. The number of hydrogen-bond donors (Lipinski definition) is 1. The van der Waals surface area contributed by atoms with Crippen LogP contribution >= 0.6 is 0 Å². The van der Waals surface area contributed by atoms with E-state index < -0.39 is 0 Å². The van der Waals surface area contributed by atoms with Crippen molar-refractivity contribution in [2.24, 2.45) is 0 Å². The van der Waals surface area contributed by atoms with E-state index in [9.17, 15) is 4.79 Å². The average Bonchev–Trinajstić information content (AvgIpc) is 3.13. The van der Waals surface area contributed by atoms with Gasteiger partial charge in [-0.1, -0.05) is 41.1 Å². The van der Waals surface area contributed by atoms with Crippen LogP contribution in [0.3, 0.4) is 0 Å². The summed E-state index contributed by atoms with van der Waals surface area (Å²) in [4.78, 5) is 12.9. The van der Waals surface area contributed by atoms with Crippen molar-refractivity contribution in [3.63, 3.8) is 0 Å². The maximum absolute atomic E-state index is 12.9. The summed E-state index contributed by atoms with van der Waals surface area (Å²) in [5.74, 6) is 1.19. The largest absolute Gasteiger partial charge is 0.488 e. The lowest BCUT2D eigenvalue weighted by molar-refractivity contribution is 0.0921. The minimum absolute atomic E-state index is 0.00818. The molecule has 0 saturated heterocycles. The Morgan fingerprint density at radius 3 is 3.04 bits per heavy atom. The summed E-state index contributed by atoms with van der Waals surface area (Å²) < 4.78 is 11.4. The minimum Gasteiger partial charge on any atom is -0.488 e. The van der Waals surface area contributed by atoms with Crippen LogP contribution in [0.1, 0.15) is 51.6 Å². The van der Waals surface area contributed by atoms with E-state index in [1.165, 1.54) is 11.1 Å². The van der Waals surface area contributed by atoms with Gasteiger partial charge >= 0.3 is 0 Å². The minimum atomic E-state index is -0.207. The Hall–Kier alpha value is -3.08. The van der Waals surface area contributed by atoms with Crippen LogP contribution in [0, 0.1) is 6.92 Å². The van der Waals surface area contributed by atoms with Gasteiger partial charge in [0.25, 0.3) is 5.91 Å². The Labute approximate surface area is 157 Å². The summed E-state index contributed by atoms with van der Waals surface area (Å²) >= 11 is 0. The second-order valence-corrected chi connectivity index (χ2v) is 7.24. The molecule has 0 radical (unpaired) electrons. The van der Waals surface area contributed by atoms with Crippen LogP contribution in [0.5, 0.6) is 5.75 Å². The monoisotopic (exact) mass is 360 g/mol. The summed E-state index contributed by atoms with van der Waals surface area (Å²) in [6, 6.07) is 14.2. The normalized spacial score (nSPS) is 17.3. The van der Waals surface area contributed by atoms with Crippen LogP contribution in [0.4, 0.5) is 0 Å². The molecule has 5 heteroatoms. The molecule has 1 atom stereocenters. The first kappa shape index (κ1) is 16.1. The van der Waals surface area contributed by atoms with Crippen LogP contribution in [0.15, 0.2) is 47.0 Å². The molecule has 27 heavy (non-hydrogen) atoms. The number of fused-ring (bicyclic) bond motifs is 4. The Kier molecular flexibility index (Phi) is 3.74. The molecule has 0 bridgehead atoms. The molecule has 3 aromatic rings. The molecule has 5 nitrogen and oxygen atoms in total. The quantitative estimate of drug-likeness (QED) is 0.738. The van der Waals surface area contributed by atoms with Gasteiger partial charge in [-0.15, -0.1) is 0 Å². The second-order valence-electron chi connectivity index (χ2n) is 7.24. The van der Waals surface area contributed by atoms with Crippen LogP contribution in [0.25, 0.3) is 11.3 Å². The zero-order valence-electron chi connectivity index (χ0n) is 15.1. The van der Waals surface area contributed by atoms with Crippen LogP contribution in [-0.2, 0) is 13.0 Å². The van der Waals surface area contributed by atoms with Crippen LogP contribution in [0.2, 0.25) is 0 Å². The molecule has 0 fully saturated rings. The second kappa shape index (κ2) is 6.27. The molecular weight excluding hydrogens is 340 g/mol. The number of benzene rings is 2. The van der Waals surface area contributed by atoms with E-state index in [0.717, 1.165) is 41.7 Å². The Balaban J connectivity index is 1.45. The predicted molar refractivity (Wildman–Crippen MR) is 101 cm³/mol. The molecule has 2 heterocycles. The van der Waals surface area contributed by atoms with Crippen LogP contribution < -0.4 is 10.1 Å². The van der Waals surface area contributed by atoms with Gasteiger partial charge in [0.2, 0.25) is 0 Å². The number of aromatic nitrogens is 1. The van der Waals surface area contributed by atoms with Gasteiger partial charge in [0, 0.05) is 0 Å². The SMILES string of the molecule is Cc1ccc2c(c1)-c1onc(C(=O)NC3CCCc4ccccc43)c1CO2. The highest BCUT2D eigenvalue weighted by atomic mass is 16.5. The molecule has 0 spiro atoms. The van der Waals surface area contributed by atoms with E-state index in [4.69, 9.17) is 9.26 Å². The molecule has 1 unspecified atom stereocenters. The Bertz CT molecular complexity index is 1040. The first-order chi connectivity index (χ1) is 13.2. The van der Waals surface area contributed by atoms with Crippen molar-refractivity contribution >= 4 is 5.91 Å². The topological polar surface area (TPSA) is 64.4 Å². The summed E-state index contributed by atoms with van der Waals surface area (Å²) in [5, 5.41) is 7.23. The zero-order chi connectivity index (χ0) is 18.4. The molecule has 2 aromatic carbocycles. The highest BCUT2D eigenvalue weighted by Gasteiger charge is 2.30. The number of ether oxygens (including phenoxy) is 1. The van der Waals surface area contributed by atoms with Gasteiger partial charge in [0.15, 0.2) is 11.5 Å². The summed E-state index contributed by atoms with van der Waals surface area (Å²) in [7, 11) is 0. The molecule has 1 aliphatic heterocycles. The van der Waals surface area contributed by atoms with Crippen molar-refractivity contribution in [1.29, 1.82) is 0 Å². The van der Waals surface area contributed by atoms with E-state index in [1.807, 2.05) is 37.3 Å². The van der Waals surface area contributed by atoms with Gasteiger partial charge in [-0.3, -0.25) is 4.79 Å². The molecule has 1 aromatic heterocycles. The van der Waals surface area contributed by atoms with Crippen molar-refractivity contribution in [1.82, 2.24) is 10.5 Å². The number of hydrogen-bond acceptors (Lipinski definition) is 4. The summed E-state index contributed by atoms with van der Waals surface area (Å²) in [6.45, 7) is 2.30. The van der Waals surface area contributed by atoms with E-state index in [0.29, 0.717) is 18.1 Å². The molecular formula is C22H20N2O3. The van der Waals surface area contributed by atoms with Crippen molar-refractivity contribution < 1.29 is 14.1 Å². The summed E-state index contributed by atoms with van der Waals surface area (Å²) in [6.07, 6.45) is 3.06. The number of amides is 1. The van der Waals surface area contributed by atoms with Crippen molar-refractivity contribution in [3.8, 4) is 17.1 Å². The van der Waals surface area contributed by atoms with Gasteiger partial charge in [0.1, 0.15) is 12.4 Å². The average molecular weight is 360 g/mol. The lowest BCUT2D eigenvalue weighted by atomic mass is 9.87. The first-order valence-electron chi connectivity index (χ1n) is 9.32. The van der Waals surface area contributed by atoms with E-state index in [1.54, 1.807) is 0 Å². The zero-order valence-corrected chi connectivity index (χ0v) is 15.1. The van der Waals surface area contributed by atoms with E-state index >= 15 is 0 Å². The number of nitrogens with one attached hydrogen (secondary N) is 1. The highest BCUT2D eigenvalue weighted by molar-refractivity contribution is 5.96. The third-order valence-corrected chi connectivity index (χ3v) is 5.43. The summed E-state index contributed by atoms with van der Waals surface area (Å²) in [5.41, 5.74) is 5.50. The van der Waals surface area contributed by atoms with Crippen molar-refractivity contribution in [3.05, 3.63) is 70.4 Å². The highest BCUT2D eigenvalue weighted by Crippen LogP contribution is 2.39. The maximum Gasteiger partial charge on any atom is 0.274 e. The standard InChI is InChI=1S/C22H20N2O3/c1-13-9-10-19-16(11-13)21-17(12-26-19)20(24-27-21)22(25)23-18-8-4-6-14-5-2-3-7-15(14)18/h2-3,5,7,9-11,18H,4,6,8,12H2,1H3,(H,23,25). The number of nitrogens with zero attached hydrogens (tertiary/aromatic N) is 1. The number of aryl methyl sites for hydroxylation is 2. The van der Waals surface area contributed by atoms with Gasteiger partial charge in [-0.2, -0.15) is 0 Å². The fraction of sp³-hybridized carbons (Fsp3) is 0.273. The molecule has 1 amide bonds. The number of rotatable bonds is 2. The third-order valence-electron chi connectivity index (χ3n) is 5.43. The smallest absolute Gasteiger partial charge is 0.274 e. The Morgan fingerprint density at radius 2 is 2.11 bits per heavy atom. The molecule has 5 rings (SSSR count). The lowest BCUT2D eigenvalue weighted by Crippen LogP contribution is -2.32. The van der Waals surface area contributed by atoms with Crippen LogP contribution in [-0.4, -0.2) is 11.1 Å². The van der Waals surface area contributed by atoms with Crippen molar-refractivity contribution in [2.75, 3.05) is 0 Å². The van der Waals surface area contributed by atoms with Crippen molar-refractivity contribution in [2.45, 2.75) is 38.8 Å². The fourth-order valence-electron chi connectivity index (χ4n) is 4.06. The predicted octanol–water partition coefficient (Wildman–Crippen LogP) is 4.35. The molecule has 1 N–H and O–H groups in total. The third kappa shape index (κ3) is 2.70. The maximum atomic E-state index is 12.9.